The van der Waals surface area contributed by atoms with Crippen LogP contribution in [0, 0.1) is 10.1 Å². The highest BCUT2D eigenvalue weighted by Gasteiger charge is 2.27. The fraction of sp³-hybridized carbons (Fsp3) is 0.632. The van der Waals surface area contributed by atoms with E-state index < -0.39 is 5.60 Å². The van der Waals surface area contributed by atoms with Gasteiger partial charge in [0.05, 0.1) is 4.92 Å². The first kappa shape index (κ1) is 20.0. The van der Waals surface area contributed by atoms with Gasteiger partial charge in [-0.15, -0.1) is 0 Å². The van der Waals surface area contributed by atoms with Crippen molar-refractivity contribution in [3.63, 3.8) is 0 Å². The molecule has 0 unspecified atom stereocenters. The molecule has 26 heavy (non-hydrogen) atoms. The molecule has 1 saturated heterocycles. The zero-order valence-electron chi connectivity index (χ0n) is 16.1. The van der Waals surface area contributed by atoms with Crippen LogP contribution in [-0.2, 0) is 11.2 Å². The van der Waals surface area contributed by atoms with Gasteiger partial charge in [-0.1, -0.05) is 13.0 Å². The molecule has 0 aliphatic carbocycles. The van der Waals surface area contributed by atoms with Gasteiger partial charge in [-0.2, -0.15) is 0 Å². The number of ether oxygens (including phenoxy) is 1. The highest BCUT2D eigenvalue weighted by molar-refractivity contribution is 5.68. The number of nitrogens with zero attached hydrogens (tertiary/aromatic N) is 2. The van der Waals surface area contributed by atoms with Crippen molar-refractivity contribution in [2.24, 2.45) is 0 Å². The minimum atomic E-state index is -0.541. The molecule has 0 radical (unpaired) electrons. The van der Waals surface area contributed by atoms with Crippen LogP contribution in [0.3, 0.4) is 0 Å². The van der Waals surface area contributed by atoms with Crippen LogP contribution in [0.15, 0.2) is 18.2 Å². The van der Waals surface area contributed by atoms with Crippen molar-refractivity contribution in [3.8, 4) is 0 Å². The second kappa shape index (κ2) is 8.38. The molecule has 1 aliphatic heterocycles. The van der Waals surface area contributed by atoms with Crippen molar-refractivity contribution in [2.45, 2.75) is 65.0 Å². The summed E-state index contributed by atoms with van der Waals surface area (Å²) in [6.45, 7) is 8.67. The number of nitro benzene ring substituents is 1. The lowest BCUT2D eigenvalue weighted by Crippen LogP contribution is -2.42. The van der Waals surface area contributed by atoms with Gasteiger partial charge in [0.15, 0.2) is 0 Å². The predicted molar refractivity (Wildman–Crippen MR) is 102 cm³/mol. The van der Waals surface area contributed by atoms with Gasteiger partial charge in [0, 0.05) is 25.2 Å². The summed E-state index contributed by atoms with van der Waals surface area (Å²) in [7, 11) is 0. The number of carbonyl (C=O) groups is 1. The Morgan fingerprint density at radius 1 is 1.38 bits per heavy atom. The first-order valence-corrected chi connectivity index (χ1v) is 9.21. The average molecular weight is 363 g/mol. The molecule has 0 saturated carbocycles. The maximum absolute atomic E-state index is 12.4. The minimum Gasteiger partial charge on any atom is -0.444 e. The number of amides is 1. The van der Waals surface area contributed by atoms with E-state index in [-0.39, 0.29) is 22.7 Å². The Labute approximate surface area is 154 Å². The number of nitrogens with one attached hydrogen (secondary N) is 1. The molecule has 0 spiro atoms. The van der Waals surface area contributed by atoms with Gasteiger partial charge in [0.2, 0.25) is 0 Å². The van der Waals surface area contributed by atoms with Crippen LogP contribution in [0.4, 0.5) is 16.2 Å². The summed E-state index contributed by atoms with van der Waals surface area (Å²) in [4.78, 5) is 25.1. The molecule has 0 bridgehead atoms. The first-order chi connectivity index (χ1) is 12.2. The third-order valence-electron chi connectivity index (χ3n) is 4.35. The Hall–Kier alpha value is -2.31. The Morgan fingerprint density at radius 2 is 2.12 bits per heavy atom. The zero-order chi connectivity index (χ0) is 19.3. The molecule has 1 N–H and O–H groups in total. The van der Waals surface area contributed by atoms with Gasteiger partial charge in [0.1, 0.15) is 11.3 Å². The molecule has 7 heteroatoms. The molecular formula is C19H29N3O4. The molecule has 1 atom stereocenters. The van der Waals surface area contributed by atoms with E-state index in [2.05, 4.69) is 5.32 Å². The van der Waals surface area contributed by atoms with E-state index in [4.69, 9.17) is 4.74 Å². The van der Waals surface area contributed by atoms with Crippen LogP contribution in [-0.4, -0.2) is 40.6 Å². The number of hydrogen-bond acceptors (Lipinski definition) is 5. The molecule has 1 fully saturated rings. The second-order valence-electron chi connectivity index (χ2n) is 7.73. The van der Waals surface area contributed by atoms with E-state index in [1.54, 1.807) is 17.0 Å². The van der Waals surface area contributed by atoms with Gasteiger partial charge in [-0.25, -0.2) is 4.79 Å². The number of nitro groups is 1. The number of rotatable bonds is 4. The number of hydrogen-bond donors (Lipinski definition) is 1. The van der Waals surface area contributed by atoms with Crippen LogP contribution < -0.4 is 5.32 Å². The van der Waals surface area contributed by atoms with Crippen LogP contribution >= 0.6 is 0 Å². The Balaban J connectivity index is 2.15. The summed E-state index contributed by atoms with van der Waals surface area (Å²) in [5, 5.41) is 14.6. The highest BCUT2D eigenvalue weighted by Crippen LogP contribution is 2.28. The van der Waals surface area contributed by atoms with Crippen LogP contribution in [0.25, 0.3) is 0 Å². The fourth-order valence-corrected chi connectivity index (χ4v) is 3.05. The third-order valence-corrected chi connectivity index (χ3v) is 4.35. The SMILES string of the molecule is CCc1ccc([N+](=O)[O-])c(N[C@@H]2CCCCN(C(=O)OC(C)(C)C)C2)c1. The lowest BCUT2D eigenvalue weighted by molar-refractivity contribution is -0.384. The molecular weight excluding hydrogens is 334 g/mol. The minimum absolute atomic E-state index is 0.0455. The van der Waals surface area contributed by atoms with Crippen molar-refractivity contribution in [1.29, 1.82) is 0 Å². The smallest absolute Gasteiger partial charge is 0.410 e. The molecule has 0 aromatic heterocycles. The molecule has 144 valence electrons. The summed E-state index contributed by atoms with van der Waals surface area (Å²) >= 11 is 0. The monoisotopic (exact) mass is 363 g/mol. The van der Waals surface area contributed by atoms with E-state index in [0.717, 1.165) is 31.2 Å². The number of benzene rings is 1. The number of anilines is 1. The zero-order valence-corrected chi connectivity index (χ0v) is 16.1. The molecule has 7 nitrogen and oxygen atoms in total. The van der Waals surface area contributed by atoms with E-state index in [0.29, 0.717) is 18.8 Å². The van der Waals surface area contributed by atoms with Gasteiger partial charge in [-0.3, -0.25) is 10.1 Å². The Morgan fingerprint density at radius 3 is 2.73 bits per heavy atom. The van der Waals surface area contributed by atoms with Gasteiger partial charge < -0.3 is 15.0 Å². The molecule has 1 aromatic rings. The van der Waals surface area contributed by atoms with Gasteiger partial charge in [-0.05, 0) is 58.1 Å². The molecule has 1 heterocycles. The van der Waals surface area contributed by atoms with Crippen LogP contribution in [0.5, 0.6) is 0 Å². The summed E-state index contributed by atoms with van der Waals surface area (Å²) < 4.78 is 5.48. The number of likely N-dealkylation sites (tertiary alicyclic amines) is 1. The largest absolute Gasteiger partial charge is 0.444 e. The normalized spacial score (nSPS) is 18.2. The van der Waals surface area contributed by atoms with Crippen molar-refractivity contribution in [1.82, 2.24) is 4.90 Å². The number of carbonyl (C=O) groups excluding carboxylic acids is 1. The van der Waals surface area contributed by atoms with Crippen molar-refractivity contribution in [3.05, 3.63) is 33.9 Å². The van der Waals surface area contributed by atoms with E-state index in [1.807, 2.05) is 33.8 Å². The Kier molecular flexibility index (Phi) is 6.45. The maximum Gasteiger partial charge on any atom is 0.410 e. The van der Waals surface area contributed by atoms with Gasteiger partial charge in [0.25, 0.3) is 5.69 Å². The number of aryl methyl sites for hydroxylation is 1. The molecule has 1 amide bonds. The third kappa shape index (κ3) is 5.61. The lowest BCUT2D eigenvalue weighted by Gasteiger charge is -2.29. The van der Waals surface area contributed by atoms with Crippen LogP contribution in [0.1, 0.15) is 52.5 Å². The van der Waals surface area contributed by atoms with Crippen LogP contribution in [0.2, 0.25) is 0 Å². The Bertz CT molecular complexity index is 655. The average Bonchev–Trinajstić information content (AvgIpc) is 2.78. The van der Waals surface area contributed by atoms with E-state index >= 15 is 0 Å². The molecule has 2 rings (SSSR count). The summed E-state index contributed by atoms with van der Waals surface area (Å²) in [5.41, 5.74) is 1.08. The standard InChI is InChI=1S/C19H29N3O4/c1-5-14-9-10-17(22(24)25)16(12-14)20-15-8-6-7-11-21(13-15)18(23)26-19(2,3)4/h9-10,12,15,20H,5-8,11,13H2,1-4H3/t15-/m1/s1. The van der Waals surface area contributed by atoms with E-state index in [9.17, 15) is 14.9 Å². The van der Waals surface area contributed by atoms with Crippen molar-refractivity contribution < 1.29 is 14.5 Å². The molecule has 1 aliphatic rings. The summed E-state index contributed by atoms with van der Waals surface area (Å²) in [6.07, 6.45) is 3.18. The maximum atomic E-state index is 12.4. The van der Waals surface area contributed by atoms with Gasteiger partial charge >= 0.3 is 6.09 Å². The fourth-order valence-electron chi connectivity index (χ4n) is 3.05. The first-order valence-electron chi connectivity index (χ1n) is 9.21. The topological polar surface area (TPSA) is 84.7 Å². The molecule has 1 aromatic carbocycles. The predicted octanol–water partition coefficient (Wildman–Crippen LogP) is 4.36. The summed E-state index contributed by atoms with van der Waals surface area (Å²) in [5.74, 6) is 0. The van der Waals surface area contributed by atoms with E-state index in [1.165, 1.54) is 0 Å². The lowest BCUT2D eigenvalue weighted by atomic mass is 10.1. The van der Waals surface area contributed by atoms with Crippen molar-refractivity contribution in [2.75, 3.05) is 18.4 Å². The summed E-state index contributed by atoms with van der Waals surface area (Å²) in [6, 6.07) is 5.11. The quantitative estimate of drug-likeness (QED) is 0.635. The second-order valence-corrected chi connectivity index (χ2v) is 7.73. The van der Waals surface area contributed by atoms with Crippen molar-refractivity contribution >= 4 is 17.5 Å². The highest BCUT2D eigenvalue weighted by atomic mass is 16.6.